The highest BCUT2D eigenvalue weighted by atomic mass is 16.4. The molecule has 106 valence electrons. The van der Waals surface area contributed by atoms with E-state index in [1.165, 1.54) is 0 Å². The van der Waals surface area contributed by atoms with Gasteiger partial charge in [0.2, 0.25) is 0 Å². The summed E-state index contributed by atoms with van der Waals surface area (Å²) in [6, 6.07) is 13.3. The summed E-state index contributed by atoms with van der Waals surface area (Å²) in [5.74, 6) is -0.933. The first-order valence-electron chi connectivity index (χ1n) is 6.59. The zero-order valence-corrected chi connectivity index (χ0v) is 11.8. The van der Waals surface area contributed by atoms with Crippen molar-refractivity contribution in [1.29, 1.82) is 0 Å². The molecule has 3 aromatic rings. The van der Waals surface area contributed by atoms with E-state index >= 15 is 0 Å². The molecular formula is C16H15N3O2. The number of aromatic nitrogens is 3. The molecule has 1 N–H and O–H groups in total. The maximum absolute atomic E-state index is 11.1. The van der Waals surface area contributed by atoms with Crippen LogP contribution in [0.1, 0.15) is 16.2 Å². The van der Waals surface area contributed by atoms with Crippen molar-refractivity contribution in [2.75, 3.05) is 0 Å². The smallest absolute Gasteiger partial charge is 0.352 e. The minimum absolute atomic E-state index is 0.261. The lowest BCUT2D eigenvalue weighted by Gasteiger charge is -2.07. The molecule has 2 heterocycles. The number of carbonyl (C=O) groups is 1. The Labute approximate surface area is 122 Å². The second-order valence-corrected chi connectivity index (χ2v) is 4.86. The summed E-state index contributed by atoms with van der Waals surface area (Å²) in [5, 5.41) is 13.6. The van der Waals surface area contributed by atoms with E-state index in [0.29, 0.717) is 0 Å². The zero-order valence-electron chi connectivity index (χ0n) is 11.8. The molecule has 5 nitrogen and oxygen atoms in total. The van der Waals surface area contributed by atoms with Gasteiger partial charge >= 0.3 is 5.97 Å². The number of carboxylic acids is 1. The number of nitrogens with zero attached hydrogens (tertiary/aromatic N) is 3. The highest BCUT2D eigenvalue weighted by molar-refractivity contribution is 5.87. The first-order chi connectivity index (χ1) is 10.1. The first-order valence-corrected chi connectivity index (χ1v) is 6.59. The van der Waals surface area contributed by atoms with E-state index in [1.807, 2.05) is 48.0 Å². The molecule has 0 bridgehead atoms. The largest absolute Gasteiger partial charge is 0.477 e. The van der Waals surface area contributed by atoms with Crippen molar-refractivity contribution in [3.8, 4) is 16.9 Å². The summed E-state index contributed by atoms with van der Waals surface area (Å²) in [4.78, 5) is 11.1. The fourth-order valence-corrected chi connectivity index (χ4v) is 2.49. The summed E-state index contributed by atoms with van der Waals surface area (Å²) >= 11 is 0. The Balaban J connectivity index is 2.10. The van der Waals surface area contributed by atoms with Crippen LogP contribution in [0.25, 0.3) is 16.9 Å². The maximum atomic E-state index is 11.1. The molecule has 3 rings (SSSR count). The van der Waals surface area contributed by atoms with Crippen molar-refractivity contribution in [1.82, 2.24) is 14.3 Å². The van der Waals surface area contributed by atoms with Crippen LogP contribution in [0, 0.1) is 6.92 Å². The lowest BCUT2D eigenvalue weighted by atomic mass is 10.2. The number of hydrogen-bond acceptors (Lipinski definition) is 2. The Morgan fingerprint density at radius 3 is 2.48 bits per heavy atom. The summed E-state index contributed by atoms with van der Waals surface area (Å²) in [7, 11) is 1.75. The van der Waals surface area contributed by atoms with Gasteiger partial charge in [-0.05, 0) is 31.2 Å². The quantitative estimate of drug-likeness (QED) is 0.803. The molecule has 5 heteroatoms. The molecule has 0 aliphatic carbocycles. The van der Waals surface area contributed by atoms with Crippen LogP contribution in [-0.4, -0.2) is 25.4 Å². The molecule has 0 aliphatic heterocycles. The van der Waals surface area contributed by atoms with Gasteiger partial charge in [-0.3, -0.25) is 0 Å². The standard InChI is InChI=1S/C16H15N3O2/c1-11-13(14-8-9-15(16(20)21)18(14)2)10-17-19(11)12-6-4-3-5-7-12/h3-10H,1-2H3,(H,20,21). The van der Waals surface area contributed by atoms with Crippen LogP contribution in [0.2, 0.25) is 0 Å². The third-order valence-electron chi connectivity index (χ3n) is 3.63. The highest BCUT2D eigenvalue weighted by Gasteiger charge is 2.16. The summed E-state index contributed by atoms with van der Waals surface area (Å²) < 4.78 is 3.52. The van der Waals surface area contributed by atoms with Crippen molar-refractivity contribution in [2.45, 2.75) is 6.92 Å². The average Bonchev–Trinajstić information content (AvgIpc) is 3.03. The fraction of sp³-hybridized carbons (Fsp3) is 0.125. The SMILES string of the molecule is Cc1c(-c2ccc(C(=O)O)n2C)cnn1-c1ccccc1. The van der Waals surface area contributed by atoms with E-state index in [-0.39, 0.29) is 5.69 Å². The lowest BCUT2D eigenvalue weighted by molar-refractivity contribution is 0.0687. The second kappa shape index (κ2) is 4.94. The Hall–Kier alpha value is -2.82. The average molecular weight is 281 g/mol. The van der Waals surface area contributed by atoms with Gasteiger partial charge < -0.3 is 9.67 Å². The zero-order chi connectivity index (χ0) is 15.0. The number of carboxylic acid groups (broad SMARTS) is 1. The van der Waals surface area contributed by atoms with Gasteiger partial charge in [-0.2, -0.15) is 5.10 Å². The molecule has 0 atom stereocenters. The van der Waals surface area contributed by atoms with E-state index in [0.717, 1.165) is 22.6 Å². The molecule has 1 aromatic carbocycles. The minimum atomic E-state index is -0.933. The molecule has 0 fully saturated rings. The molecule has 21 heavy (non-hydrogen) atoms. The second-order valence-electron chi connectivity index (χ2n) is 4.86. The van der Waals surface area contributed by atoms with Crippen molar-refractivity contribution in [3.63, 3.8) is 0 Å². The fourth-order valence-electron chi connectivity index (χ4n) is 2.49. The summed E-state index contributed by atoms with van der Waals surface area (Å²) in [5.41, 5.74) is 3.98. The van der Waals surface area contributed by atoms with Crippen LogP contribution in [0.15, 0.2) is 48.7 Å². The van der Waals surface area contributed by atoms with Crippen molar-refractivity contribution in [3.05, 3.63) is 60.0 Å². The van der Waals surface area contributed by atoms with Gasteiger partial charge in [0.1, 0.15) is 5.69 Å². The van der Waals surface area contributed by atoms with Crippen molar-refractivity contribution in [2.24, 2.45) is 7.05 Å². The third-order valence-corrected chi connectivity index (χ3v) is 3.63. The molecule has 0 spiro atoms. The number of para-hydroxylation sites is 1. The molecule has 0 amide bonds. The number of rotatable bonds is 3. The molecule has 0 aliphatic rings. The van der Waals surface area contributed by atoms with Gasteiger partial charge in [0.05, 0.1) is 23.3 Å². The van der Waals surface area contributed by atoms with E-state index in [2.05, 4.69) is 5.10 Å². The number of hydrogen-bond donors (Lipinski definition) is 1. The lowest BCUT2D eigenvalue weighted by Crippen LogP contribution is -2.05. The molecule has 2 aromatic heterocycles. The topological polar surface area (TPSA) is 60.0 Å². The van der Waals surface area contributed by atoms with Gasteiger partial charge in [-0.15, -0.1) is 0 Å². The van der Waals surface area contributed by atoms with Gasteiger partial charge in [-0.25, -0.2) is 9.48 Å². The van der Waals surface area contributed by atoms with E-state index in [1.54, 1.807) is 23.9 Å². The van der Waals surface area contributed by atoms with E-state index in [4.69, 9.17) is 5.11 Å². The van der Waals surface area contributed by atoms with E-state index < -0.39 is 5.97 Å². The number of benzene rings is 1. The normalized spacial score (nSPS) is 10.8. The molecule has 0 saturated carbocycles. The minimum Gasteiger partial charge on any atom is -0.477 e. The molecular weight excluding hydrogens is 266 g/mol. The van der Waals surface area contributed by atoms with Gasteiger partial charge in [0, 0.05) is 12.6 Å². The first kappa shape index (κ1) is 13.2. The van der Waals surface area contributed by atoms with Crippen LogP contribution < -0.4 is 0 Å². The predicted molar refractivity (Wildman–Crippen MR) is 79.7 cm³/mol. The Kier molecular flexibility index (Phi) is 3.10. The van der Waals surface area contributed by atoms with Gasteiger partial charge in [-0.1, -0.05) is 18.2 Å². The van der Waals surface area contributed by atoms with Crippen LogP contribution >= 0.6 is 0 Å². The van der Waals surface area contributed by atoms with Crippen LogP contribution in [0.5, 0.6) is 0 Å². The Morgan fingerprint density at radius 2 is 1.86 bits per heavy atom. The van der Waals surface area contributed by atoms with Crippen LogP contribution in [-0.2, 0) is 7.05 Å². The Bertz CT molecular complexity index is 800. The maximum Gasteiger partial charge on any atom is 0.352 e. The van der Waals surface area contributed by atoms with Gasteiger partial charge in [0.15, 0.2) is 0 Å². The molecule has 0 unspecified atom stereocenters. The third kappa shape index (κ3) is 2.12. The number of aromatic carboxylic acids is 1. The molecule has 0 radical (unpaired) electrons. The Morgan fingerprint density at radius 1 is 1.14 bits per heavy atom. The van der Waals surface area contributed by atoms with Crippen molar-refractivity contribution >= 4 is 5.97 Å². The highest BCUT2D eigenvalue weighted by Crippen LogP contribution is 2.26. The summed E-state index contributed by atoms with van der Waals surface area (Å²) in [6.45, 7) is 1.97. The molecule has 0 saturated heterocycles. The van der Waals surface area contributed by atoms with Crippen LogP contribution in [0.4, 0.5) is 0 Å². The van der Waals surface area contributed by atoms with Crippen molar-refractivity contribution < 1.29 is 9.90 Å². The van der Waals surface area contributed by atoms with E-state index in [9.17, 15) is 4.79 Å². The van der Waals surface area contributed by atoms with Crippen LogP contribution in [0.3, 0.4) is 0 Å². The van der Waals surface area contributed by atoms with Gasteiger partial charge in [0.25, 0.3) is 0 Å². The monoisotopic (exact) mass is 281 g/mol. The predicted octanol–water partition coefficient (Wildman–Crippen LogP) is 2.88. The summed E-state index contributed by atoms with van der Waals surface area (Å²) in [6.07, 6.45) is 1.77.